The highest BCUT2D eigenvalue weighted by molar-refractivity contribution is 7.92. The number of aromatic nitrogens is 1. The maximum atomic E-state index is 12.3. The number of hydrogen-bond donors (Lipinski definition) is 2. The highest BCUT2D eigenvalue weighted by Gasteiger charge is 2.18. The fourth-order valence-electron chi connectivity index (χ4n) is 2.60. The number of aryl methyl sites for hydroxylation is 1. The number of nitrogens with one attached hydrogen (secondary N) is 2. The van der Waals surface area contributed by atoms with Gasteiger partial charge in [0.25, 0.3) is 0 Å². The number of fused-ring (bicyclic) bond motifs is 1. The molecule has 0 atom stereocenters. The van der Waals surface area contributed by atoms with Crippen LogP contribution in [0, 0.1) is 0 Å². The normalized spacial score (nSPS) is 11.6. The molecule has 0 fully saturated rings. The second-order valence-electron chi connectivity index (χ2n) is 5.65. The van der Waals surface area contributed by atoms with Gasteiger partial charge in [-0.05, 0) is 43.9 Å². The first-order valence-corrected chi connectivity index (χ1v) is 10.5. The highest BCUT2D eigenvalue weighted by Crippen LogP contribution is 2.29. The number of carbonyl (C=O) groups excluding carboxylic acids is 1. The largest absolute Gasteiger partial charge is 0.462 e. The lowest BCUT2D eigenvalue weighted by molar-refractivity contribution is 0.0526. The Bertz CT molecular complexity index is 846. The molecule has 0 spiro atoms. The molecular weight excluding hydrogens is 364 g/mol. The second-order valence-corrected chi connectivity index (χ2v) is 7.87. The first-order valence-electron chi connectivity index (χ1n) is 8.29. The molecule has 138 valence electrons. The van der Waals surface area contributed by atoms with Crippen molar-refractivity contribution in [2.24, 2.45) is 0 Å². The van der Waals surface area contributed by atoms with Gasteiger partial charge in [-0.25, -0.2) is 13.2 Å². The molecule has 0 aliphatic rings. The van der Waals surface area contributed by atoms with Crippen molar-refractivity contribution in [1.29, 1.82) is 0 Å². The Morgan fingerprint density at radius 2 is 2.04 bits per heavy atom. The molecule has 0 amide bonds. The topological polar surface area (TPSA) is 88.3 Å². The average Bonchev–Trinajstić information content (AvgIpc) is 2.98. The standard InChI is InChI=1S/C17H23ClN2O4S/c1-3-12-11-19-16-14(12)9-13(17(21)24-4-2)10-15(16)20-25(22,23)8-6-5-7-18/h9-11,19-20H,3-8H2,1-2H3. The molecule has 1 aromatic heterocycles. The zero-order valence-corrected chi connectivity index (χ0v) is 16.0. The minimum absolute atomic E-state index is 0.0216. The number of carbonyl (C=O) groups is 1. The number of rotatable bonds is 9. The fourth-order valence-corrected chi connectivity index (χ4v) is 3.97. The molecule has 0 unspecified atom stereocenters. The van der Waals surface area contributed by atoms with Crippen LogP contribution in [0.25, 0.3) is 10.9 Å². The maximum absolute atomic E-state index is 12.3. The van der Waals surface area contributed by atoms with E-state index < -0.39 is 16.0 Å². The number of H-pyrrole nitrogens is 1. The summed E-state index contributed by atoms with van der Waals surface area (Å²) < 4.78 is 32.3. The third-order valence-corrected chi connectivity index (χ3v) is 5.45. The number of aromatic amines is 1. The van der Waals surface area contributed by atoms with E-state index in [1.54, 1.807) is 13.0 Å². The summed E-state index contributed by atoms with van der Waals surface area (Å²) in [7, 11) is -3.53. The third-order valence-electron chi connectivity index (χ3n) is 3.83. The van der Waals surface area contributed by atoms with Gasteiger partial charge >= 0.3 is 5.97 Å². The van der Waals surface area contributed by atoms with Crippen LogP contribution in [0.1, 0.15) is 42.6 Å². The Hall–Kier alpha value is -1.73. The Morgan fingerprint density at radius 3 is 2.68 bits per heavy atom. The smallest absolute Gasteiger partial charge is 0.338 e. The fraction of sp³-hybridized carbons (Fsp3) is 0.471. The Labute approximate surface area is 152 Å². The zero-order valence-electron chi connectivity index (χ0n) is 14.4. The summed E-state index contributed by atoms with van der Waals surface area (Å²) in [5.41, 5.74) is 2.34. The van der Waals surface area contributed by atoms with Gasteiger partial charge in [0.2, 0.25) is 10.0 Å². The lowest BCUT2D eigenvalue weighted by atomic mass is 10.1. The summed E-state index contributed by atoms with van der Waals surface area (Å²) in [6.07, 6.45) is 3.69. The van der Waals surface area contributed by atoms with Crippen molar-refractivity contribution in [3.63, 3.8) is 0 Å². The summed E-state index contributed by atoms with van der Waals surface area (Å²) >= 11 is 5.60. The number of halogens is 1. The molecule has 1 aromatic carbocycles. The van der Waals surface area contributed by atoms with Crippen LogP contribution >= 0.6 is 11.6 Å². The van der Waals surface area contributed by atoms with Crippen molar-refractivity contribution >= 4 is 44.2 Å². The lowest BCUT2D eigenvalue weighted by Gasteiger charge is -2.11. The van der Waals surface area contributed by atoms with Crippen molar-refractivity contribution in [1.82, 2.24) is 4.98 Å². The first-order chi connectivity index (χ1) is 11.9. The van der Waals surface area contributed by atoms with Crippen LogP contribution in [0.5, 0.6) is 0 Å². The molecule has 2 N–H and O–H groups in total. The van der Waals surface area contributed by atoms with Crippen molar-refractivity contribution in [3.05, 3.63) is 29.5 Å². The van der Waals surface area contributed by atoms with Crippen LogP contribution in [0.4, 0.5) is 5.69 Å². The number of hydrogen-bond acceptors (Lipinski definition) is 4. The van der Waals surface area contributed by atoms with Crippen molar-refractivity contribution < 1.29 is 17.9 Å². The predicted octanol–water partition coefficient (Wildman–Crippen LogP) is 3.67. The van der Waals surface area contributed by atoms with Crippen LogP contribution in [0.15, 0.2) is 18.3 Å². The summed E-state index contributed by atoms with van der Waals surface area (Å²) in [5.74, 6) is -0.0731. The molecule has 0 radical (unpaired) electrons. The van der Waals surface area contributed by atoms with Gasteiger partial charge in [-0.2, -0.15) is 0 Å². The van der Waals surface area contributed by atoms with Crippen LogP contribution in [-0.4, -0.2) is 37.6 Å². The predicted molar refractivity (Wildman–Crippen MR) is 101 cm³/mol. The summed E-state index contributed by atoms with van der Waals surface area (Å²) in [5, 5.41) is 0.812. The number of esters is 1. The van der Waals surface area contributed by atoms with Gasteiger partial charge in [0.05, 0.1) is 29.1 Å². The Balaban J connectivity index is 2.43. The number of alkyl halides is 1. The molecule has 1 heterocycles. The third kappa shape index (κ3) is 4.89. The van der Waals surface area contributed by atoms with Gasteiger partial charge in [0.15, 0.2) is 0 Å². The second kappa shape index (κ2) is 8.58. The van der Waals surface area contributed by atoms with E-state index in [2.05, 4.69) is 9.71 Å². The number of ether oxygens (including phenoxy) is 1. The quantitative estimate of drug-likeness (QED) is 0.391. The van der Waals surface area contributed by atoms with E-state index in [0.717, 1.165) is 17.4 Å². The molecular formula is C17H23ClN2O4S. The summed E-state index contributed by atoms with van der Waals surface area (Å²) in [6, 6.07) is 3.24. The molecule has 2 aromatic rings. The maximum Gasteiger partial charge on any atom is 0.338 e. The SMILES string of the molecule is CCOC(=O)c1cc(NS(=O)(=O)CCCCCl)c2[nH]cc(CC)c2c1. The minimum Gasteiger partial charge on any atom is -0.462 e. The van der Waals surface area contributed by atoms with Crippen LogP contribution < -0.4 is 4.72 Å². The molecule has 8 heteroatoms. The Morgan fingerprint density at radius 1 is 1.28 bits per heavy atom. The summed E-state index contributed by atoms with van der Waals surface area (Å²) in [4.78, 5) is 15.2. The minimum atomic E-state index is -3.53. The molecule has 2 rings (SSSR count). The lowest BCUT2D eigenvalue weighted by Crippen LogP contribution is -2.17. The van der Waals surface area contributed by atoms with Crippen molar-refractivity contribution in [2.75, 3.05) is 23.0 Å². The number of benzene rings is 1. The van der Waals surface area contributed by atoms with E-state index in [1.165, 1.54) is 6.07 Å². The van der Waals surface area contributed by atoms with Gasteiger partial charge in [-0.1, -0.05) is 6.92 Å². The van der Waals surface area contributed by atoms with Crippen LogP contribution in [0.2, 0.25) is 0 Å². The van der Waals surface area contributed by atoms with E-state index >= 15 is 0 Å². The van der Waals surface area contributed by atoms with Crippen molar-refractivity contribution in [3.8, 4) is 0 Å². The Kier molecular flexibility index (Phi) is 6.72. The molecule has 25 heavy (non-hydrogen) atoms. The van der Waals surface area contributed by atoms with Crippen LogP contribution in [0.3, 0.4) is 0 Å². The van der Waals surface area contributed by atoms with E-state index in [9.17, 15) is 13.2 Å². The summed E-state index contributed by atoms with van der Waals surface area (Å²) in [6.45, 7) is 3.98. The molecule has 0 saturated heterocycles. The molecule has 6 nitrogen and oxygen atoms in total. The molecule has 0 bridgehead atoms. The monoisotopic (exact) mass is 386 g/mol. The van der Waals surface area contributed by atoms with Gasteiger partial charge in [0, 0.05) is 17.5 Å². The van der Waals surface area contributed by atoms with E-state index in [1.807, 2.05) is 13.1 Å². The average molecular weight is 387 g/mol. The van der Waals surface area contributed by atoms with Gasteiger partial charge in [0.1, 0.15) is 0 Å². The molecule has 0 saturated carbocycles. The van der Waals surface area contributed by atoms with E-state index in [4.69, 9.17) is 16.3 Å². The van der Waals surface area contributed by atoms with Gasteiger partial charge in [-0.15, -0.1) is 11.6 Å². The highest BCUT2D eigenvalue weighted by atomic mass is 35.5. The zero-order chi connectivity index (χ0) is 18.4. The van der Waals surface area contributed by atoms with E-state index in [-0.39, 0.29) is 12.4 Å². The van der Waals surface area contributed by atoms with Crippen molar-refractivity contribution in [2.45, 2.75) is 33.1 Å². The molecule has 0 aliphatic carbocycles. The van der Waals surface area contributed by atoms with Gasteiger partial charge in [-0.3, -0.25) is 4.72 Å². The van der Waals surface area contributed by atoms with Gasteiger partial charge < -0.3 is 9.72 Å². The first kappa shape index (κ1) is 19.6. The number of unbranched alkanes of at least 4 members (excludes halogenated alkanes) is 1. The number of sulfonamides is 1. The van der Waals surface area contributed by atoms with Crippen LogP contribution in [-0.2, 0) is 21.2 Å². The number of anilines is 1. The van der Waals surface area contributed by atoms with E-state index in [0.29, 0.717) is 35.5 Å². The molecule has 0 aliphatic heterocycles.